The molecule has 26 heavy (non-hydrogen) atoms. The predicted molar refractivity (Wildman–Crippen MR) is 101 cm³/mol. The molecule has 0 saturated heterocycles. The number of rotatable bonds is 8. The minimum absolute atomic E-state index is 0.210. The summed E-state index contributed by atoms with van der Waals surface area (Å²) in [7, 11) is -1.74. The molecule has 0 atom stereocenters. The van der Waals surface area contributed by atoms with Gasteiger partial charge in [0.2, 0.25) is 0 Å². The average Bonchev–Trinajstić information content (AvgIpc) is 2.63. The van der Waals surface area contributed by atoms with Gasteiger partial charge >= 0.3 is 0 Å². The van der Waals surface area contributed by atoms with Crippen LogP contribution >= 0.6 is 0 Å². The van der Waals surface area contributed by atoms with Crippen molar-refractivity contribution in [3.63, 3.8) is 0 Å². The highest BCUT2D eigenvalue weighted by molar-refractivity contribution is 7.92. The van der Waals surface area contributed by atoms with Crippen LogP contribution in [0.1, 0.15) is 24.2 Å². The van der Waals surface area contributed by atoms with Gasteiger partial charge in [0, 0.05) is 18.4 Å². The average molecular weight is 377 g/mol. The highest BCUT2D eigenvalue weighted by Crippen LogP contribution is 2.19. The highest BCUT2D eigenvalue weighted by Gasteiger charge is 2.19. The van der Waals surface area contributed by atoms with Gasteiger partial charge in [-0.05, 0) is 62.4 Å². The van der Waals surface area contributed by atoms with E-state index in [0.29, 0.717) is 30.2 Å². The first-order valence-corrected chi connectivity index (χ1v) is 9.76. The molecule has 2 aromatic carbocycles. The minimum atomic E-state index is -3.35. The molecule has 0 aliphatic rings. The van der Waals surface area contributed by atoms with Crippen molar-refractivity contribution in [2.45, 2.75) is 24.0 Å². The van der Waals surface area contributed by atoms with Crippen LogP contribution in [0.5, 0.6) is 5.75 Å². The second-order valence-electron chi connectivity index (χ2n) is 5.94. The Morgan fingerprint density at radius 2 is 1.62 bits per heavy atom. The van der Waals surface area contributed by atoms with E-state index in [1.165, 1.54) is 24.3 Å². The van der Waals surface area contributed by atoms with Gasteiger partial charge in [-0.15, -0.1) is 0 Å². The molecule has 7 heteroatoms. The Balaban J connectivity index is 2.01. The fourth-order valence-corrected chi connectivity index (χ4v) is 3.21. The highest BCUT2D eigenvalue weighted by atomic mass is 32.2. The van der Waals surface area contributed by atoms with Crippen LogP contribution in [0.25, 0.3) is 0 Å². The molecule has 2 aromatic rings. The number of ether oxygens (including phenoxy) is 2. The van der Waals surface area contributed by atoms with E-state index in [2.05, 4.69) is 5.32 Å². The summed E-state index contributed by atoms with van der Waals surface area (Å²) in [5, 5.41) is 2.26. The van der Waals surface area contributed by atoms with E-state index in [1.807, 2.05) is 0 Å². The molecule has 0 fully saturated rings. The standard InChI is InChI=1S/C19H23NO5S/c1-14(2)26(22,23)18-10-4-15(5-11-18)19(21)20-16-6-8-17(9-7-16)25-13-12-24-3/h4-11,14H,12-13H2,1-3H3,(H,20,21). The first-order valence-electron chi connectivity index (χ1n) is 8.21. The summed E-state index contributed by atoms with van der Waals surface area (Å²) in [4.78, 5) is 12.5. The Morgan fingerprint density at radius 1 is 1.00 bits per heavy atom. The van der Waals surface area contributed by atoms with Crippen molar-refractivity contribution in [2.75, 3.05) is 25.6 Å². The summed E-state index contributed by atoms with van der Waals surface area (Å²) in [5.74, 6) is 0.370. The van der Waals surface area contributed by atoms with Crippen molar-refractivity contribution in [1.29, 1.82) is 0 Å². The van der Waals surface area contributed by atoms with Crippen LogP contribution in [0.2, 0.25) is 0 Å². The van der Waals surface area contributed by atoms with Gasteiger partial charge in [-0.3, -0.25) is 4.79 Å². The van der Waals surface area contributed by atoms with E-state index in [-0.39, 0.29) is 10.8 Å². The lowest BCUT2D eigenvalue weighted by atomic mass is 10.2. The number of hydrogen-bond donors (Lipinski definition) is 1. The van der Waals surface area contributed by atoms with Crippen molar-refractivity contribution >= 4 is 21.4 Å². The lowest BCUT2D eigenvalue weighted by Gasteiger charge is -2.10. The number of anilines is 1. The Bertz CT molecular complexity index is 827. The quantitative estimate of drug-likeness (QED) is 0.715. The third-order valence-electron chi connectivity index (χ3n) is 3.73. The molecule has 6 nitrogen and oxygen atoms in total. The fourth-order valence-electron chi connectivity index (χ4n) is 2.15. The van der Waals surface area contributed by atoms with Gasteiger partial charge < -0.3 is 14.8 Å². The Hall–Kier alpha value is -2.38. The molecule has 1 N–H and O–H groups in total. The molecular formula is C19H23NO5S. The predicted octanol–water partition coefficient (Wildman–Crippen LogP) is 3.15. The Kier molecular flexibility index (Phi) is 6.76. The number of methoxy groups -OCH3 is 1. The molecule has 0 aliphatic carbocycles. The molecule has 0 radical (unpaired) electrons. The van der Waals surface area contributed by atoms with Crippen LogP contribution < -0.4 is 10.1 Å². The number of benzene rings is 2. The smallest absolute Gasteiger partial charge is 0.255 e. The van der Waals surface area contributed by atoms with Crippen molar-refractivity contribution < 1.29 is 22.7 Å². The van der Waals surface area contributed by atoms with E-state index in [4.69, 9.17) is 9.47 Å². The van der Waals surface area contributed by atoms with Crippen molar-refractivity contribution in [2.24, 2.45) is 0 Å². The largest absolute Gasteiger partial charge is 0.491 e. The number of carbonyl (C=O) groups is 1. The van der Waals surface area contributed by atoms with Gasteiger partial charge in [0.05, 0.1) is 16.8 Å². The monoisotopic (exact) mass is 377 g/mol. The van der Waals surface area contributed by atoms with Gasteiger partial charge in [-0.25, -0.2) is 8.42 Å². The van der Waals surface area contributed by atoms with Crippen LogP contribution in [0.3, 0.4) is 0 Å². The van der Waals surface area contributed by atoms with E-state index in [0.717, 1.165) is 0 Å². The molecule has 0 bridgehead atoms. The molecule has 1 amide bonds. The summed E-state index contributed by atoms with van der Waals surface area (Å²) in [6.07, 6.45) is 0. The van der Waals surface area contributed by atoms with Gasteiger partial charge in [-0.1, -0.05) is 0 Å². The van der Waals surface area contributed by atoms with Crippen molar-refractivity contribution in [3.05, 3.63) is 54.1 Å². The SMILES string of the molecule is COCCOc1ccc(NC(=O)c2ccc(S(=O)(=O)C(C)C)cc2)cc1. The van der Waals surface area contributed by atoms with Crippen LogP contribution in [0.15, 0.2) is 53.4 Å². The third-order valence-corrected chi connectivity index (χ3v) is 5.90. The number of nitrogens with one attached hydrogen (secondary N) is 1. The van der Waals surface area contributed by atoms with Gasteiger partial charge in [0.1, 0.15) is 12.4 Å². The van der Waals surface area contributed by atoms with Crippen LogP contribution in [0, 0.1) is 0 Å². The fraction of sp³-hybridized carbons (Fsp3) is 0.316. The molecule has 0 unspecified atom stereocenters. The Morgan fingerprint density at radius 3 is 2.15 bits per heavy atom. The molecule has 0 heterocycles. The molecular weight excluding hydrogens is 354 g/mol. The maximum Gasteiger partial charge on any atom is 0.255 e. The third kappa shape index (κ3) is 5.06. The summed E-state index contributed by atoms with van der Waals surface area (Å²) in [6, 6.07) is 12.9. The maximum atomic E-state index is 12.3. The van der Waals surface area contributed by atoms with Crippen LogP contribution in [-0.4, -0.2) is 39.9 Å². The van der Waals surface area contributed by atoms with Crippen molar-refractivity contribution in [3.8, 4) is 5.75 Å². The van der Waals surface area contributed by atoms with Crippen molar-refractivity contribution in [1.82, 2.24) is 0 Å². The molecule has 0 saturated carbocycles. The topological polar surface area (TPSA) is 81.7 Å². The van der Waals surface area contributed by atoms with Crippen LogP contribution in [0.4, 0.5) is 5.69 Å². The number of sulfone groups is 1. The zero-order chi connectivity index (χ0) is 19.2. The van der Waals surface area contributed by atoms with Gasteiger partial charge in [0.15, 0.2) is 9.84 Å². The van der Waals surface area contributed by atoms with E-state index in [1.54, 1.807) is 45.2 Å². The second kappa shape index (κ2) is 8.82. The molecule has 0 aromatic heterocycles. The molecule has 0 aliphatic heterocycles. The summed E-state index contributed by atoms with van der Waals surface area (Å²) < 4.78 is 34.6. The lowest BCUT2D eigenvalue weighted by Crippen LogP contribution is -2.15. The zero-order valence-electron chi connectivity index (χ0n) is 15.1. The Labute approximate surface area is 154 Å². The second-order valence-corrected chi connectivity index (χ2v) is 8.44. The summed E-state index contributed by atoms with van der Waals surface area (Å²) >= 11 is 0. The number of carbonyl (C=O) groups excluding carboxylic acids is 1. The molecule has 0 spiro atoms. The van der Waals surface area contributed by atoms with E-state index < -0.39 is 15.1 Å². The number of hydrogen-bond acceptors (Lipinski definition) is 5. The molecule has 2 rings (SSSR count). The van der Waals surface area contributed by atoms with Gasteiger partial charge in [-0.2, -0.15) is 0 Å². The van der Waals surface area contributed by atoms with E-state index >= 15 is 0 Å². The summed E-state index contributed by atoms with van der Waals surface area (Å²) in [5.41, 5.74) is 1.00. The van der Waals surface area contributed by atoms with E-state index in [9.17, 15) is 13.2 Å². The van der Waals surface area contributed by atoms with Crippen LogP contribution in [-0.2, 0) is 14.6 Å². The summed E-state index contributed by atoms with van der Waals surface area (Å²) in [6.45, 7) is 4.20. The minimum Gasteiger partial charge on any atom is -0.491 e. The number of amides is 1. The maximum absolute atomic E-state index is 12.3. The first kappa shape index (κ1) is 19.9. The normalized spacial score (nSPS) is 11.4. The zero-order valence-corrected chi connectivity index (χ0v) is 15.9. The van der Waals surface area contributed by atoms with Gasteiger partial charge in [0.25, 0.3) is 5.91 Å². The first-order chi connectivity index (χ1) is 12.3. The molecule has 140 valence electrons. The lowest BCUT2D eigenvalue weighted by molar-refractivity contribution is 0.102.